The van der Waals surface area contributed by atoms with E-state index in [-0.39, 0.29) is 6.54 Å². The highest BCUT2D eigenvalue weighted by Gasteiger charge is 2.37. The number of nitrogens with zero attached hydrogens (tertiary/aromatic N) is 2. The largest absolute Gasteiger partial charge is 0.480 e. The highest BCUT2D eigenvalue weighted by molar-refractivity contribution is 7.96. The van der Waals surface area contributed by atoms with E-state index in [4.69, 9.17) is 0 Å². The number of hydrogen-bond acceptors (Lipinski definition) is 5. The molecule has 5 nitrogen and oxygen atoms in total. The second-order valence-corrected chi connectivity index (χ2v) is 5.94. The molecule has 0 radical (unpaired) electrons. The van der Waals surface area contributed by atoms with Crippen molar-refractivity contribution in [3.8, 4) is 0 Å². The number of hydrogen-bond donors (Lipinski definition) is 2. The van der Waals surface area contributed by atoms with E-state index < -0.39 is 5.97 Å². The summed E-state index contributed by atoms with van der Waals surface area (Å²) in [4.78, 5) is 17.7. The third kappa shape index (κ3) is 3.44. The van der Waals surface area contributed by atoms with Crippen LogP contribution in [0.25, 0.3) is 0 Å². The van der Waals surface area contributed by atoms with Gasteiger partial charge in [-0.2, -0.15) is 0 Å². The maximum absolute atomic E-state index is 11.2. The van der Waals surface area contributed by atoms with Gasteiger partial charge in [0.1, 0.15) is 6.54 Å². The van der Waals surface area contributed by atoms with Crippen LogP contribution in [-0.2, 0) is 4.79 Å². The first-order valence-electron chi connectivity index (χ1n) is 7.48. The Morgan fingerprint density at radius 3 is 2.91 bits per heavy atom. The van der Waals surface area contributed by atoms with E-state index in [0.29, 0.717) is 6.04 Å². The first kappa shape index (κ1) is 16.8. The van der Waals surface area contributed by atoms with Gasteiger partial charge in [-0.3, -0.25) is 14.5 Å². The molecule has 0 spiro atoms. The van der Waals surface area contributed by atoms with Crippen LogP contribution in [0, 0.1) is 0 Å². The van der Waals surface area contributed by atoms with Crippen LogP contribution in [0.15, 0.2) is 40.3 Å². The fraction of sp³-hybridized carbons (Fsp3) is 0.500. The molecule has 1 aliphatic heterocycles. The lowest BCUT2D eigenvalue weighted by atomic mass is 9.91. The maximum Gasteiger partial charge on any atom is 0.323 e. The van der Waals surface area contributed by atoms with Crippen molar-refractivity contribution in [3.05, 3.63) is 35.3 Å². The zero-order valence-corrected chi connectivity index (χ0v) is 14.1. The van der Waals surface area contributed by atoms with E-state index in [9.17, 15) is 9.90 Å². The Balaban J connectivity index is 2.40. The highest BCUT2D eigenvalue weighted by Crippen LogP contribution is 2.39. The topological polar surface area (TPSA) is 64.9 Å². The van der Waals surface area contributed by atoms with Crippen LogP contribution in [-0.4, -0.2) is 40.5 Å². The van der Waals surface area contributed by atoms with Crippen molar-refractivity contribution in [2.75, 3.05) is 12.8 Å². The smallest absolute Gasteiger partial charge is 0.323 e. The fourth-order valence-electron chi connectivity index (χ4n) is 3.06. The zero-order chi connectivity index (χ0) is 16.1. The Morgan fingerprint density at radius 1 is 1.55 bits per heavy atom. The lowest BCUT2D eigenvalue weighted by Crippen LogP contribution is -2.30. The minimum absolute atomic E-state index is 0.00596. The molecule has 0 bridgehead atoms. The van der Waals surface area contributed by atoms with Gasteiger partial charge in [-0.05, 0) is 39.4 Å². The van der Waals surface area contributed by atoms with Gasteiger partial charge < -0.3 is 10.0 Å². The summed E-state index contributed by atoms with van der Waals surface area (Å²) in [5.74, 6) is -0.817. The highest BCUT2D eigenvalue weighted by atomic mass is 32.2. The molecule has 2 rings (SSSR count). The lowest BCUT2D eigenvalue weighted by Gasteiger charge is -2.27. The standard InChI is InChI=1S/C16H23N3O2S/c1-4-8-17-16-12-9-11(18-22-3)6-7-14(12)19(10-15(20)21)13(16)5-2/h4-5,8,11,18H,6-7,9-10H2,1-3H3,(H,20,21)/b8-4-,13-5+,17-16+. The van der Waals surface area contributed by atoms with Crippen molar-refractivity contribution < 1.29 is 9.90 Å². The molecular formula is C16H23N3O2S. The average molecular weight is 321 g/mol. The van der Waals surface area contributed by atoms with Crippen LogP contribution in [0.3, 0.4) is 0 Å². The molecule has 22 heavy (non-hydrogen) atoms. The molecule has 0 aromatic heterocycles. The molecular weight excluding hydrogens is 298 g/mol. The van der Waals surface area contributed by atoms with Crippen molar-refractivity contribution in [2.45, 2.75) is 39.2 Å². The number of carboxylic acids is 1. The van der Waals surface area contributed by atoms with E-state index in [2.05, 4.69) is 9.71 Å². The Labute approximate surface area is 136 Å². The number of allylic oxidation sites excluding steroid dienone is 4. The third-order valence-corrected chi connectivity index (χ3v) is 4.45. The lowest BCUT2D eigenvalue weighted by molar-refractivity contribution is -0.137. The SMILES string of the molecule is C\C=C/N=C1\C2=C(CCC(NSC)C2)N(CC(=O)O)\C1=C\C. The van der Waals surface area contributed by atoms with Crippen molar-refractivity contribution in [1.29, 1.82) is 0 Å². The average Bonchev–Trinajstić information content (AvgIpc) is 2.77. The first-order valence-corrected chi connectivity index (χ1v) is 8.70. The summed E-state index contributed by atoms with van der Waals surface area (Å²) >= 11 is 1.63. The van der Waals surface area contributed by atoms with Crippen LogP contribution in [0.1, 0.15) is 33.1 Å². The summed E-state index contributed by atoms with van der Waals surface area (Å²) in [5.41, 5.74) is 4.14. The van der Waals surface area contributed by atoms with Gasteiger partial charge in [-0.15, -0.1) is 0 Å². The summed E-state index contributed by atoms with van der Waals surface area (Å²) < 4.78 is 3.42. The van der Waals surface area contributed by atoms with E-state index in [1.54, 1.807) is 18.1 Å². The van der Waals surface area contributed by atoms with Gasteiger partial charge in [0.2, 0.25) is 0 Å². The number of nitrogens with one attached hydrogen (secondary N) is 1. The summed E-state index contributed by atoms with van der Waals surface area (Å²) in [6.45, 7) is 3.86. The predicted octanol–water partition coefficient (Wildman–Crippen LogP) is 2.94. The Bertz CT molecular complexity index is 564. The zero-order valence-electron chi connectivity index (χ0n) is 13.3. The van der Waals surface area contributed by atoms with Crippen LogP contribution in [0.2, 0.25) is 0 Å². The quantitative estimate of drug-likeness (QED) is 0.762. The van der Waals surface area contributed by atoms with Gasteiger partial charge in [0, 0.05) is 23.5 Å². The minimum atomic E-state index is -0.817. The predicted molar refractivity (Wildman–Crippen MR) is 91.7 cm³/mol. The molecule has 1 aliphatic carbocycles. The third-order valence-electron chi connectivity index (χ3n) is 3.88. The summed E-state index contributed by atoms with van der Waals surface area (Å²) in [7, 11) is 0. The number of carboxylic acid groups (broad SMARTS) is 1. The van der Waals surface area contributed by atoms with Crippen LogP contribution in [0.5, 0.6) is 0 Å². The van der Waals surface area contributed by atoms with Gasteiger partial charge in [0.25, 0.3) is 0 Å². The fourth-order valence-corrected chi connectivity index (χ4v) is 3.59. The molecule has 1 unspecified atom stereocenters. The van der Waals surface area contributed by atoms with Crippen LogP contribution in [0.4, 0.5) is 0 Å². The van der Waals surface area contributed by atoms with Crippen molar-refractivity contribution >= 4 is 23.6 Å². The number of aliphatic imine (C=N–C) groups is 1. The van der Waals surface area contributed by atoms with Gasteiger partial charge >= 0.3 is 5.97 Å². The first-order chi connectivity index (χ1) is 10.6. The second-order valence-electron chi connectivity index (χ2n) is 5.30. The molecule has 120 valence electrons. The molecule has 0 fully saturated rings. The van der Waals surface area contributed by atoms with E-state index in [0.717, 1.165) is 36.4 Å². The Morgan fingerprint density at radius 2 is 2.32 bits per heavy atom. The molecule has 0 saturated carbocycles. The molecule has 0 aromatic carbocycles. The number of rotatable bonds is 5. The Hall–Kier alpha value is -1.53. The Kier molecular flexibility index (Phi) is 5.85. The van der Waals surface area contributed by atoms with Gasteiger partial charge in [-0.25, -0.2) is 0 Å². The number of aliphatic carboxylic acids is 1. The van der Waals surface area contributed by atoms with E-state index in [1.807, 2.05) is 37.2 Å². The summed E-state index contributed by atoms with van der Waals surface area (Å²) in [6, 6.07) is 0.410. The monoisotopic (exact) mass is 321 g/mol. The van der Waals surface area contributed by atoms with Crippen LogP contribution < -0.4 is 4.72 Å². The summed E-state index contributed by atoms with van der Waals surface area (Å²) in [6.07, 6.45) is 10.4. The molecule has 0 saturated heterocycles. The maximum atomic E-state index is 11.2. The molecule has 0 aromatic rings. The van der Waals surface area contributed by atoms with Crippen molar-refractivity contribution in [1.82, 2.24) is 9.62 Å². The van der Waals surface area contributed by atoms with Gasteiger partial charge in [-0.1, -0.05) is 24.1 Å². The molecule has 2 aliphatic rings. The van der Waals surface area contributed by atoms with Crippen molar-refractivity contribution in [3.63, 3.8) is 0 Å². The van der Waals surface area contributed by atoms with Gasteiger partial charge in [0.15, 0.2) is 0 Å². The molecule has 6 heteroatoms. The van der Waals surface area contributed by atoms with Crippen LogP contribution >= 0.6 is 11.9 Å². The second kappa shape index (κ2) is 7.65. The molecule has 0 amide bonds. The van der Waals surface area contributed by atoms with E-state index in [1.165, 1.54) is 5.57 Å². The van der Waals surface area contributed by atoms with Crippen molar-refractivity contribution in [2.24, 2.45) is 4.99 Å². The minimum Gasteiger partial charge on any atom is -0.480 e. The van der Waals surface area contributed by atoms with Gasteiger partial charge in [0.05, 0.1) is 11.4 Å². The molecule has 1 atom stereocenters. The molecule has 2 N–H and O–H groups in total. The summed E-state index contributed by atoms with van der Waals surface area (Å²) in [5, 5.41) is 9.22. The normalized spacial score (nSPS) is 25.6. The number of carbonyl (C=O) groups is 1. The molecule has 1 heterocycles. The van der Waals surface area contributed by atoms with E-state index >= 15 is 0 Å².